The number of rotatable bonds is 14. The minimum absolute atomic E-state index is 0.684. The van der Waals surface area contributed by atoms with E-state index in [4.69, 9.17) is 42.6 Å². The van der Waals surface area contributed by atoms with E-state index in [0.717, 1.165) is 6.92 Å². The van der Waals surface area contributed by atoms with Crippen LogP contribution in [0.4, 0.5) is 0 Å². The predicted octanol–water partition coefficient (Wildman–Crippen LogP) is -11.8. The van der Waals surface area contributed by atoms with Gasteiger partial charge in [0.15, 0.2) is 31.5 Å². The van der Waals surface area contributed by atoms with Gasteiger partial charge in [0.2, 0.25) is 5.91 Å². The summed E-state index contributed by atoms with van der Waals surface area (Å²) in [4.78, 5) is 11.7. The molecule has 27 heteroatoms. The number of hydrogen-bond donors (Lipinski definition) is 17. The molecule has 17 N–H and O–H groups in total. The molecule has 0 radical (unpaired) electrons. The lowest BCUT2D eigenvalue weighted by Crippen LogP contribution is -2.67. The van der Waals surface area contributed by atoms with E-state index in [0.29, 0.717) is 0 Å². The van der Waals surface area contributed by atoms with E-state index in [1.54, 1.807) is 0 Å². The zero-order valence-corrected chi connectivity index (χ0v) is 31.2. The van der Waals surface area contributed by atoms with Gasteiger partial charge in [0.25, 0.3) is 0 Å². The van der Waals surface area contributed by atoms with E-state index >= 15 is 0 Å². The number of nitrogens with one attached hydrogen (secondary N) is 1. The average molecular weight is 870 g/mol. The molecule has 5 fully saturated rings. The first kappa shape index (κ1) is 48.5. The first-order valence-electron chi connectivity index (χ1n) is 18.6. The van der Waals surface area contributed by atoms with Gasteiger partial charge >= 0.3 is 0 Å². The molecule has 0 bridgehead atoms. The average Bonchev–Trinajstić information content (AvgIpc) is 3.21. The first-order valence-corrected chi connectivity index (χ1v) is 18.6. The van der Waals surface area contributed by atoms with Crippen LogP contribution in [-0.4, -0.2) is 274 Å². The van der Waals surface area contributed by atoms with E-state index in [9.17, 15) is 86.5 Å². The molecule has 0 aromatic carbocycles. The molecule has 5 aliphatic heterocycles. The van der Waals surface area contributed by atoms with Gasteiger partial charge in [-0.15, -0.1) is 0 Å². The first-order chi connectivity index (χ1) is 27.9. The van der Waals surface area contributed by atoms with Gasteiger partial charge in [-0.3, -0.25) is 4.79 Å². The largest absolute Gasteiger partial charge is 0.394 e. The van der Waals surface area contributed by atoms with Gasteiger partial charge in [0.05, 0.1) is 33.0 Å². The fourth-order valence-electron chi connectivity index (χ4n) is 7.30. The summed E-state index contributed by atoms with van der Waals surface area (Å²) in [5.74, 6) is -0.684. The van der Waals surface area contributed by atoms with Crippen LogP contribution in [0.2, 0.25) is 0 Å². The van der Waals surface area contributed by atoms with E-state index in [1.165, 1.54) is 0 Å². The zero-order chi connectivity index (χ0) is 43.6. The molecule has 0 saturated carbocycles. The molecule has 5 heterocycles. The third-order valence-electron chi connectivity index (χ3n) is 10.7. The van der Waals surface area contributed by atoms with Crippen molar-refractivity contribution in [2.45, 2.75) is 160 Å². The van der Waals surface area contributed by atoms with Gasteiger partial charge in [-0.25, -0.2) is 0 Å². The summed E-state index contributed by atoms with van der Waals surface area (Å²) in [5, 5.41) is 170. The van der Waals surface area contributed by atoms with Crippen LogP contribution in [-0.2, 0) is 47.4 Å². The molecular formula is C32H55NO26. The van der Waals surface area contributed by atoms with Crippen molar-refractivity contribution in [2.75, 3.05) is 33.0 Å². The fourth-order valence-corrected chi connectivity index (χ4v) is 7.30. The van der Waals surface area contributed by atoms with Crippen LogP contribution in [0.1, 0.15) is 6.92 Å². The second kappa shape index (κ2) is 20.8. The molecule has 0 spiro atoms. The lowest BCUT2D eigenvalue weighted by Gasteiger charge is -2.48. The number of carbonyl (C=O) groups is 1. The van der Waals surface area contributed by atoms with Crippen molar-refractivity contribution < 1.29 is 129 Å². The van der Waals surface area contributed by atoms with Crippen LogP contribution in [0.3, 0.4) is 0 Å². The molecule has 1 amide bonds. The number of amides is 1. The Bertz CT molecular complexity index is 1320. The molecule has 5 aliphatic rings. The van der Waals surface area contributed by atoms with Crippen LogP contribution in [0.25, 0.3) is 0 Å². The second-order valence-corrected chi connectivity index (χ2v) is 14.7. The summed E-state index contributed by atoms with van der Waals surface area (Å²) in [7, 11) is 0. The van der Waals surface area contributed by atoms with Crippen LogP contribution >= 0.6 is 0 Å². The molecule has 59 heavy (non-hydrogen) atoms. The maximum Gasteiger partial charge on any atom is 0.217 e. The second-order valence-electron chi connectivity index (χ2n) is 14.7. The fraction of sp³-hybridized carbons (Fsp3) is 0.969. The Morgan fingerprint density at radius 3 is 1.42 bits per heavy atom. The summed E-state index contributed by atoms with van der Waals surface area (Å²) < 4.78 is 49.9. The standard InChI is InChI=1S/C32H55NO26/c1-7(38)33-13-18(43)25(11(5-37)52-28(13)50)57-31-23(48)20(45)16(41)12(56-31)6-51-29-24(49)26(17(42)10(4-36)53-29)58-32-27(21(46)15(40)9(3-35)55-32)59-30-22(47)19(44)14(39)8(2-34)54-30/h8-32,34-37,39-50H,2-6H2,1H3,(H,33,38)/t8-,9-,10-,11-,12-,13-,14-,15-,16-,17-,18-,19+,20+,21+,22+,23+,24+,25-,26+,27+,28-,29+,30-,31+,32-/m1/s1. The van der Waals surface area contributed by atoms with E-state index in [-0.39, 0.29) is 0 Å². The van der Waals surface area contributed by atoms with Crippen LogP contribution in [0.5, 0.6) is 0 Å². The van der Waals surface area contributed by atoms with Crippen LogP contribution in [0, 0.1) is 0 Å². The maximum atomic E-state index is 11.7. The number of ether oxygens (including phenoxy) is 9. The Morgan fingerprint density at radius 2 is 0.881 bits per heavy atom. The molecule has 25 atom stereocenters. The van der Waals surface area contributed by atoms with E-state index in [2.05, 4.69) is 5.32 Å². The number of aliphatic hydroxyl groups excluding tert-OH is 16. The van der Waals surface area contributed by atoms with Crippen LogP contribution in [0.15, 0.2) is 0 Å². The van der Waals surface area contributed by atoms with E-state index in [1.807, 2.05) is 0 Å². The molecule has 344 valence electrons. The molecule has 27 nitrogen and oxygen atoms in total. The van der Waals surface area contributed by atoms with Crippen molar-refractivity contribution in [1.82, 2.24) is 5.32 Å². The SMILES string of the molecule is CC(=O)N[C@@H]1[C@@H](O)[C@H](O[C@@H]2O[C@H](CO[C@H]3O[C@H](CO)[C@@H](O)[C@H](O[C@H]4O[C@H](CO)[C@@H](O)[C@H](O)[C@@H]4O[C@H]4O[C@H](CO)[C@@H](O)[C@H](O)[C@@H]4O)[C@@H]3O)[C@@H](O)[C@H](O)[C@@H]2O)[C@@H](CO)O[C@H]1O. The quantitative estimate of drug-likeness (QED) is 0.0770. The summed E-state index contributed by atoms with van der Waals surface area (Å²) in [6.45, 7) is -3.32. The lowest BCUT2D eigenvalue weighted by atomic mass is 9.95. The van der Waals surface area contributed by atoms with E-state index < -0.39 is 192 Å². The smallest absolute Gasteiger partial charge is 0.217 e. The Kier molecular flexibility index (Phi) is 17.1. The summed E-state index contributed by atoms with van der Waals surface area (Å²) in [5.41, 5.74) is 0. The molecule has 0 aromatic rings. The number of hydrogen-bond acceptors (Lipinski definition) is 26. The highest BCUT2D eigenvalue weighted by atomic mass is 16.8. The Balaban J connectivity index is 1.31. The minimum atomic E-state index is -2.08. The zero-order valence-electron chi connectivity index (χ0n) is 31.2. The van der Waals surface area contributed by atoms with Gasteiger partial charge < -0.3 is 130 Å². The topological polar surface area (TPSA) is 436 Å². The minimum Gasteiger partial charge on any atom is -0.394 e. The highest BCUT2D eigenvalue weighted by molar-refractivity contribution is 5.73. The number of aliphatic hydroxyl groups is 16. The third-order valence-corrected chi connectivity index (χ3v) is 10.7. The summed E-state index contributed by atoms with van der Waals surface area (Å²) >= 11 is 0. The van der Waals surface area contributed by atoms with Crippen molar-refractivity contribution in [3.63, 3.8) is 0 Å². The van der Waals surface area contributed by atoms with Gasteiger partial charge in [-0.2, -0.15) is 0 Å². The van der Waals surface area contributed by atoms with Crippen molar-refractivity contribution in [2.24, 2.45) is 0 Å². The lowest BCUT2D eigenvalue weighted by molar-refractivity contribution is -0.391. The van der Waals surface area contributed by atoms with Crippen LogP contribution < -0.4 is 5.32 Å². The highest BCUT2D eigenvalue weighted by Crippen LogP contribution is 2.34. The van der Waals surface area contributed by atoms with Crippen molar-refractivity contribution in [1.29, 1.82) is 0 Å². The van der Waals surface area contributed by atoms with Crippen molar-refractivity contribution >= 4 is 5.91 Å². The summed E-state index contributed by atoms with van der Waals surface area (Å²) in [6, 6.07) is -1.48. The highest BCUT2D eigenvalue weighted by Gasteiger charge is 2.55. The Hall–Kier alpha value is -1.53. The molecule has 5 rings (SSSR count). The third kappa shape index (κ3) is 10.3. The van der Waals surface area contributed by atoms with Gasteiger partial charge in [0.1, 0.15) is 122 Å². The molecule has 0 aliphatic carbocycles. The molecular weight excluding hydrogens is 814 g/mol. The van der Waals surface area contributed by atoms with Gasteiger partial charge in [0, 0.05) is 6.92 Å². The molecule has 5 saturated heterocycles. The van der Waals surface area contributed by atoms with Crippen molar-refractivity contribution in [3.8, 4) is 0 Å². The number of carbonyl (C=O) groups excluding carboxylic acids is 1. The van der Waals surface area contributed by atoms with Crippen molar-refractivity contribution in [3.05, 3.63) is 0 Å². The molecule has 0 aromatic heterocycles. The normalized spacial score (nSPS) is 51.0. The Morgan fingerprint density at radius 1 is 0.441 bits per heavy atom. The van der Waals surface area contributed by atoms with Gasteiger partial charge in [-0.05, 0) is 0 Å². The monoisotopic (exact) mass is 869 g/mol. The maximum absolute atomic E-state index is 11.7. The van der Waals surface area contributed by atoms with Gasteiger partial charge in [-0.1, -0.05) is 0 Å². The predicted molar refractivity (Wildman–Crippen MR) is 178 cm³/mol. The Labute approximate surface area is 333 Å². The molecule has 0 unspecified atom stereocenters. The summed E-state index contributed by atoms with van der Waals surface area (Å²) in [6.07, 6.45) is -44.3.